The van der Waals surface area contributed by atoms with Gasteiger partial charge in [0.05, 0.1) is 5.69 Å². The molecule has 0 spiro atoms. The highest BCUT2D eigenvalue weighted by atomic mass is 32.1. The Labute approximate surface area is 355 Å². The maximum absolute atomic E-state index is 2.52. The first kappa shape index (κ1) is 35.2. The Morgan fingerprint density at radius 1 is 0.367 bits per heavy atom. The number of fused-ring (bicyclic) bond motifs is 11. The van der Waals surface area contributed by atoms with Crippen LogP contribution in [0.5, 0.6) is 0 Å². The smallest absolute Gasteiger partial charge is 0.0546 e. The fourth-order valence-electron chi connectivity index (χ4n) is 10.7. The largest absolute Gasteiger partial charge is 0.310 e. The first-order chi connectivity index (χ1) is 29.3. The third kappa shape index (κ3) is 5.04. The molecule has 1 nitrogen and oxygen atoms in total. The lowest BCUT2D eigenvalue weighted by molar-refractivity contribution is 0.660. The van der Waals surface area contributed by atoms with E-state index in [2.05, 4.69) is 221 Å². The van der Waals surface area contributed by atoms with Crippen LogP contribution in [0.2, 0.25) is 0 Å². The molecule has 0 radical (unpaired) electrons. The molecule has 1 heterocycles. The van der Waals surface area contributed by atoms with Crippen LogP contribution in [-0.4, -0.2) is 0 Å². The molecule has 0 N–H and O–H groups in total. The van der Waals surface area contributed by atoms with E-state index in [0.717, 1.165) is 11.4 Å². The van der Waals surface area contributed by atoms with E-state index in [1.807, 2.05) is 11.3 Å². The fourth-order valence-corrected chi connectivity index (χ4v) is 11.9. The van der Waals surface area contributed by atoms with Crippen molar-refractivity contribution in [2.45, 2.75) is 38.5 Å². The molecule has 12 rings (SSSR count). The summed E-state index contributed by atoms with van der Waals surface area (Å²) in [6, 6.07) is 70.4. The Bertz CT molecular complexity index is 3370. The molecule has 0 saturated carbocycles. The number of anilines is 3. The molecule has 2 aliphatic rings. The molecule has 286 valence electrons. The first-order valence-electron chi connectivity index (χ1n) is 21.1. The van der Waals surface area contributed by atoms with Gasteiger partial charge in [-0.25, -0.2) is 0 Å². The van der Waals surface area contributed by atoms with Gasteiger partial charge in [0.1, 0.15) is 0 Å². The third-order valence-electron chi connectivity index (χ3n) is 13.6. The molecule has 0 saturated heterocycles. The lowest BCUT2D eigenvalue weighted by atomic mass is 9.79. The van der Waals surface area contributed by atoms with Crippen molar-refractivity contribution < 1.29 is 0 Å². The number of benzene rings is 9. The van der Waals surface area contributed by atoms with Crippen molar-refractivity contribution in [1.29, 1.82) is 0 Å². The highest BCUT2D eigenvalue weighted by Gasteiger charge is 2.39. The Kier molecular flexibility index (Phi) is 7.56. The average Bonchev–Trinajstić information content (AvgIpc) is 3.86. The predicted octanol–water partition coefficient (Wildman–Crippen LogP) is 16.6. The fraction of sp³-hybridized carbons (Fsp3) is 0.103. The summed E-state index contributed by atoms with van der Waals surface area (Å²) < 4.78 is 2.67. The molecule has 0 amide bonds. The molecule has 0 aliphatic heterocycles. The van der Waals surface area contributed by atoms with Crippen molar-refractivity contribution >= 4 is 59.3 Å². The van der Waals surface area contributed by atoms with Crippen LogP contribution in [0, 0.1) is 0 Å². The maximum atomic E-state index is 2.52. The van der Waals surface area contributed by atoms with E-state index >= 15 is 0 Å². The SMILES string of the molecule is CC1(C)c2ccccc2-c2ccc(N(c3ccc(-c4cccc5c4sc4ccccc45)cc3)c3cc4c(c5ccccc35)C(C)(C)c3cc(-c5ccccc5)ccc3-4)cc21. The van der Waals surface area contributed by atoms with Crippen molar-refractivity contribution in [3.8, 4) is 44.5 Å². The van der Waals surface area contributed by atoms with Crippen molar-refractivity contribution in [3.05, 3.63) is 210 Å². The molecule has 0 bridgehead atoms. The van der Waals surface area contributed by atoms with E-state index in [1.165, 1.54) is 103 Å². The van der Waals surface area contributed by atoms with Gasteiger partial charge in [-0.05, 0) is 115 Å². The zero-order valence-corrected chi connectivity index (χ0v) is 35.1. The molecule has 0 fully saturated rings. The van der Waals surface area contributed by atoms with Crippen LogP contribution in [0.15, 0.2) is 188 Å². The van der Waals surface area contributed by atoms with Gasteiger partial charge in [0, 0.05) is 47.8 Å². The van der Waals surface area contributed by atoms with Gasteiger partial charge in [-0.15, -0.1) is 11.3 Å². The second-order valence-corrected chi connectivity index (χ2v) is 18.7. The summed E-state index contributed by atoms with van der Waals surface area (Å²) in [5.41, 5.74) is 19.0. The molecular weight excluding hydrogens is 743 g/mol. The molecule has 10 aromatic rings. The molecule has 0 atom stereocenters. The van der Waals surface area contributed by atoms with E-state index < -0.39 is 0 Å². The summed E-state index contributed by atoms with van der Waals surface area (Å²) in [5.74, 6) is 0. The standard InChI is InChI=1S/C58H43NS/c1-57(2)50-23-12-10-17-42(50)43-32-30-40(34-52(43)57)59(39-28-25-37(26-29-39)41-21-14-22-48-46-19-11-13-24-54(46)60-56(41)48)53-35-49-44-31-27-38(36-15-6-5-7-16-36)33-51(44)58(3,4)55(49)47-20-9-8-18-45(47)53/h5-35H,1-4H3. The third-order valence-corrected chi connectivity index (χ3v) is 14.9. The minimum absolute atomic E-state index is 0.125. The van der Waals surface area contributed by atoms with Gasteiger partial charge >= 0.3 is 0 Å². The summed E-state index contributed by atoms with van der Waals surface area (Å²) in [5, 5.41) is 5.21. The van der Waals surface area contributed by atoms with Crippen LogP contribution in [0.4, 0.5) is 17.1 Å². The molecule has 2 heteroatoms. The Morgan fingerprint density at radius 2 is 0.967 bits per heavy atom. The quantitative estimate of drug-likeness (QED) is 0.168. The van der Waals surface area contributed by atoms with Crippen molar-refractivity contribution in [2.24, 2.45) is 0 Å². The van der Waals surface area contributed by atoms with Gasteiger partial charge in [0.15, 0.2) is 0 Å². The second kappa shape index (κ2) is 12.9. The van der Waals surface area contributed by atoms with Crippen LogP contribution in [0.3, 0.4) is 0 Å². The number of nitrogens with zero attached hydrogens (tertiary/aromatic N) is 1. The minimum Gasteiger partial charge on any atom is -0.310 e. The topological polar surface area (TPSA) is 3.24 Å². The minimum atomic E-state index is -0.183. The van der Waals surface area contributed by atoms with Crippen LogP contribution >= 0.6 is 11.3 Å². The molecule has 9 aromatic carbocycles. The first-order valence-corrected chi connectivity index (χ1v) is 21.9. The molecule has 60 heavy (non-hydrogen) atoms. The maximum Gasteiger partial charge on any atom is 0.0546 e. The Hall–Kier alpha value is -6.74. The van der Waals surface area contributed by atoms with Crippen LogP contribution in [0.25, 0.3) is 75.5 Å². The highest BCUT2D eigenvalue weighted by Crippen LogP contribution is 2.56. The van der Waals surface area contributed by atoms with Gasteiger partial charge in [0.2, 0.25) is 0 Å². The van der Waals surface area contributed by atoms with Crippen molar-refractivity contribution in [3.63, 3.8) is 0 Å². The number of hydrogen-bond donors (Lipinski definition) is 0. The summed E-state index contributed by atoms with van der Waals surface area (Å²) in [4.78, 5) is 2.52. The lowest BCUT2D eigenvalue weighted by Gasteiger charge is -2.31. The Balaban J connectivity index is 1.07. The van der Waals surface area contributed by atoms with E-state index in [0.29, 0.717) is 0 Å². The van der Waals surface area contributed by atoms with Crippen LogP contribution < -0.4 is 4.90 Å². The predicted molar refractivity (Wildman–Crippen MR) is 258 cm³/mol. The number of thiophene rings is 1. The summed E-state index contributed by atoms with van der Waals surface area (Å²) >= 11 is 1.89. The monoisotopic (exact) mass is 785 g/mol. The van der Waals surface area contributed by atoms with Gasteiger partial charge in [-0.1, -0.05) is 173 Å². The lowest BCUT2D eigenvalue weighted by Crippen LogP contribution is -2.18. The highest BCUT2D eigenvalue weighted by molar-refractivity contribution is 7.26. The number of hydrogen-bond acceptors (Lipinski definition) is 2. The van der Waals surface area contributed by atoms with Gasteiger partial charge in [-0.2, -0.15) is 0 Å². The normalized spacial score (nSPS) is 14.3. The molecule has 2 aliphatic carbocycles. The molecular formula is C58H43NS. The number of rotatable bonds is 5. The van der Waals surface area contributed by atoms with Crippen LogP contribution in [0.1, 0.15) is 49.9 Å². The molecule has 0 unspecified atom stereocenters. The van der Waals surface area contributed by atoms with E-state index in [4.69, 9.17) is 0 Å². The second-order valence-electron chi connectivity index (χ2n) is 17.7. The van der Waals surface area contributed by atoms with Crippen molar-refractivity contribution in [1.82, 2.24) is 0 Å². The molecule has 1 aromatic heterocycles. The average molecular weight is 786 g/mol. The van der Waals surface area contributed by atoms with Crippen LogP contribution in [-0.2, 0) is 10.8 Å². The van der Waals surface area contributed by atoms with Gasteiger partial charge in [0.25, 0.3) is 0 Å². The zero-order valence-electron chi connectivity index (χ0n) is 34.3. The summed E-state index contributed by atoms with van der Waals surface area (Å²) in [7, 11) is 0. The Morgan fingerprint density at radius 3 is 1.80 bits per heavy atom. The van der Waals surface area contributed by atoms with Gasteiger partial charge in [-0.3, -0.25) is 0 Å². The van der Waals surface area contributed by atoms with E-state index in [1.54, 1.807) is 0 Å². The zero-order chi connectivity index (χ0) is 40.3. The van der Waals surface area contributed by atoms with Crippen molar-refractivity contribution in [2.75, 3.05) is 4.90 Å². The van der Waals surface area contributed by atoms with E-state index in [9.17, 15) is 0 Å². The van der Waals surface area contributed by atoms with E-state index in [-0.39, 0.29) is 10.8 Å². The summed E-state index contributed by atoms with van der Waals surface area (Å²) in [6.45, 7) is 9.57. The summed E-state index contributed by atoms with van der Waals surface area (Å²) in [6.07, 6.45) is 0. The van der Waals surface area contributed by atoms with Gasteiger partial charge < -0.3 is 4.90 Å².